The molecule has 0 amide bonds. The van der Waals surface area contributed by atoms with Gasteiger partial charge in [-0.1, -0.05) is 32.1 Å². The van der Waals surface area contributed by atoms with Gasteiger partial charge in [0.1, 0.15) is 0 Å². The second-order valence-electron chi connectivity index (χ2n) is 4.49. The highest BCUT2D eigenvalue weighted by Crippen LogP contribution is 2.13. The average molecular weight is 291 g/mol. The predicted octanol–water partition coefficient (Wildman–Crippen LogP) is 3.02. The van der Waals surface area contributed by atoms with Crippen molar-refractivity contribution in [3.63, 3.8) is 0 Å². The van der Waals surface area contributed by atoms with Crippen LogP contribution in [0.25, 0.3) is 0 Å². The van der Waals surface area contributed by atoms with E-state index in [2.05, 4.69) is 11.3 Å². The zero-order valence-corrected chi connectivity index (χ0v) is 12.2. The maximum absolute atomic E-state index is 11.9. The summed E-state index contributed by atoms with van der Waals surface area (Å²) in [4.78, 5) is 35.2. The van der Waals surface area contributed by atoms with Crippen molar-refractivity contribution in [2.45, 2.75) is 26.7 Å². The Balaban J connectivity index is 0.00000441. The number of hydrogen-bond donors (Lipinski definition) is 0. The zero-order valence-electron chi connectivity index (χ0n) is 13.2. The molecule has 112 valence electrons. The van der Waals surface area contributed by atoms with E-state index >= 15 is 0 Å². The summed E-state index contributed by atoms with van der Waals surface area (Å²) in [6.45, 7) is 7.08. The van der Waals surface area contributed by atoms with E-state index < -0.39 is 17.9 Å². The molecule has 0 heterocycles. The van der Waals surface area contributed by atoms with Gasteiger partial charge in [0.05, 0.1) is 17.7 Å². The van der Waals surface area contributed by atoms with Crippen molar-refractivity contribution in [1.82, 2.24) is 0 Å². The molecule has 0 bridgehead atoms. The molecule has 1 aromatic carbocycles. The summed E-state index contributed by atoms with van der Waals surface area (Å²) in [5.74, 6) is -2.33. The van der Waals surface area contributed by atoms with Crippen LogP contribution in [0.2, 0.25) is 0 Å². The first-order valence-corrected chi connectivity index (χ1v) is 6.65. The van der Waals surface area contributed by atoms with Gasteiger partial charge in [-0.2, -0.15) is 0 Å². The number of esters is 3. The summed E-state index contributed by atoms with van der Waals surface area (Å²) in [7, 11) is 0. The lowest BCUT2D eigenvalue weighted by atomic mass is 10.1. The van der Waals surface area contributed by atoms with E-state index in [9.17, 15) is 14.4 Å². The number of carbonyl (C=O) groups is 3. The lowest BCUT2D eigenvalue weighted by Gasteiger charge is -2.08. The van der Waals surface area contributed by atoms with Crippen molar-refractivity contribution in [2.24, 2.45) is 0 Å². The van der Waals surface area contributed by atoms with Gasteiger partial charge in [-0.05, 0) is 25.5 Å². The average Bonchev–Trinajstić information content (AvgIpc) is 2.47. The third kappa shape index (κ3) is 4.87. The van der Waals surface area contributed by atoms with Crippen LogP contribution in [0.5, 0.6) is 0 Å². The maximum atomic E-state index is 11.9. The number of hydrogen-bond acceptors (Lipinski definition) is 5. The van der Waals surface area contributed by atoms with Gasteiger partial charge in [-0.3, -0.25) is 0 Å². The van der Waals surface area contributed by atoms with E-state index in [0.717, 1.165) is 12.8 Å². The molecule has 0 unspecified atom stereocenters. The molecule has 0 fully saturated rings. The van der Waals surface area contributed by atoms with E-state index in [4.69, 9.17) is 4.74 Å². The van der Waals surface area contributed by atoms with Crippen molar-refractivity contribution >= 4 is 17.9 Å². The lowest BCUT2D eigenvalue weighted by molar-refractivity contribution is -0.133. The molecule has 1 rings (SSSR count). The van der Waals surface area contributed by atoms with Crippen LogP contribution in [-0.4, -0.2) is 24.5 Å². The van der Waals surface area contributed by atoms with E-state index in [1.165, 1.54) is 19.1 Å². The monoisotopic (exact) mass is 291 g/mol. The van der Waals surface area contributed by atoms with Crippen molar-refractivity contribution in [1.29, 1.82) is 0 Å². The van der Waals surface area contributed by atoms with Crippen molar-refractivity contribution in [3.8, 4) is 0 Å². The van der Waals surface area contributed by atoms with Crippen LogP contribution in [0, 0.1) is 0 Å². The lowest BCUT2D eigenvalue weighted by Crippen LogP contribution is -2.17. The maximum Gasteiger partial charge on any atom is 1.00 e. The van der Waals surface area contributed by atoms with Gasteiger partial charge in [0.2, 0.25) is 0 Å². The Morgan fingerprint density at radius 1 is 1.14 bits per heavy atom. The molecule has 0 radical (unpaired) electrons. The van der Waals surface area contributed by atoms with E-state index in [-0.39, 0.29) is 24.7 Å². The molecule has 0 saturated heterocycles. The first-order valence-electron chi connectivity index (χ1n) is 6.65. The highest BCUT2D eigenvalue weighted by Gasteiger charge is 2.21. The van der Waals surface area contributed by atoms with Gasteiger partial charge in [0.15, 0.2) is 0 Å². The fraction of sp³-hybridized carbons (Fsp3) is 0.312. The minimum Gasteiger partial charge on any atom is -0.462 e. The summed E-state index contributed by atoms with van der Waals surface area (Å²) in [5.41, 5.74) is 0.174. The number of carbonyl (C=O) groups excluding carboxylic acids is 3. The molecular weight excluding hydrogens is 272 g/mol. The second kappa shape index (κ2) is 7.99. The molecule has 0 aliphatic rings. The molecule has 0 aliphatic heterocycles. The summed E-state index contributed by atoms with van der Waals surface area (Å²) in [5, 5.41) is 0. The minimum absolute atomic E-state index is 0. The molecule has 5 nitrogen and oxygen atoms in total. The summed E-state index contributed by atoms with van der Waals surface area (Å²) >= 11 is 0. The van der Waals surface area contributed by atoms with E-state index in [1.807, 2.05) is 6.92 Å². The first kappa shape index (κ1) is 16.6. The molecular formula is C16H19O5+. The molecule has 5 heteroatoms. The van der Waals surface area contributed by atoms with Crippen molar-refractivity contribution in [3.05, 3.63) is 47.5 Å². The van der Waals surface area contributed by atoms with Crippen molar-refractivity contribution < 1.29 is 25.3 Å². The topological polar surface area (TPSA) is 69.7 Å². The fourth-order valence-corrected chi connectivity index (χ4v) is 1.45. The van der Waals surface area contributed by atoms with Gasteiger partial charge in [0, 0.05) is 5.57 Å². The smallest absolute Gasteiger partial charge is 0.462 e. The molecule has 0 atom stereocenters. The highest BCUT2D eigenvalue weighted by atomic mass is 16.6. The Kier molecular flexibility index (Phi) is 6.33. The Hall–Kier alpha value is -2.43. The normalized spacial score (nSPS) is 9.81. The third-order valence-corrected chi connectivity index (χ3v) is 2.63. The Bertz CT molecular complexity index is 565. The molecule has 1 aromatic rings. The predicted molar refractivity (Wildman–Crippen MR) is 78.0 cm³/mol. The van der Waals surface area contributed by atoms with Gasteiger partial charge in [-0.15, -0.1) is 0 Å². The number of ether oxygens (including phenoxy) is 2. The Morgan fingerprint density at radius 2 is 1.71 bits per heavy atom. The van der Waals surface area contributed by atoms with Crippen molar-refractivity contribution in [2.75, 3.05) is 6.61 Å². The summed E-state index contributed by atoms with van der Waals surface area (Å²) in [6, 6.07) is 6.04. The van der Waals surface area contributed by atoms with Gasteiger partial charge in [0.25, 0.3) is 0 Å². The number of rotatable bonds is 6. The summed E-state index contributed by atoms with van der Waals surface area (Å²) < 4.78 is 9.69. The molecule has 0 saturated carbocycles. The molecule has 0 aromatic heterocycles. The van der Waals surface area contributed by atoms with Crippen LogP contribution in [-0.2, 0) is 14.3 Å². The van der Waals surface area contributed by atoms with Crippen LogP contribution in [0.15, 0.2) is 36.4 Å². The van der Waals surface area contributed by atoms with E-state index in [1.54, 1.807) is 12.1 Å². The Morgan fingerprint density at radius 3 is 2.24 bits per heavy atom. The Labute approximate surface area is 125 Å². The SMILES string of the molecule is C=C(C)C(=O)OC(=O)c1ccccc1C(=O)OCCCC.[H+]. The fourth-order valence-electron chi connectivity index (χ4n) is 1.45. The molecule has 0 aliphatic carbocycles. The largest absolute Gasteiger partial charge is 1.00 e. The zero-order chi connectivity index (χ0) is 15.8. The van der Waals surface area contributed by atoms with Gasteiger partial charge >= 0.3 is 19.3 Å². The number of benzene rings is 1. The first-order chi connectivity index (χ1) is 9.97. The van der Waals surface area contributed by atoms with Crippen LogP contribution in [0.3, 0.4) is 0 Å². The van der Waals surface area contributed by atoms with Gasteiger partial charge in [-0.25, -0.2) is 14.4 Å². The van der Waals surface area contributed by atoms with Crippen LogP contribution < -0.4 is 0 Å². The van der Waals surface area contributed by atoms with E-state index in [0.29, 0.717) is 0 Å². The standard InChI is InChI=1S/C16H18O5/c1-4-5-10-20-15(18)12-8-6-7-9-13(12)16(19)21-14(17)11(2)3/h6-9H,2,4-5,10H2,1,3H3/p+1. The molecule has 21 heavy (non-hydrogen) atoms. The van der Waals surface area contributed by atoms with Crippen LogP contribution in [0.4, 0.5) is 0 Å². The minimum atomic E-state index is -0.897. The van der Waals surface area contributed by atoms with Gasteiger partial charge < -0.3 is 9.47 Å². The second-order valence-corrected chi connectivity index (χ2v) is 4.49. The quantitative estimate of drug-likeness (QED) is 0.349. The summed E-state index contributed by atoms with van der Waals surface area (Å²) in [6.07, 6.45) is 1.64. The highest BCUT2D eigenvalue weighted by molar-refractivity contribution is 6.07. The molecule has 0 spiro atoms. The molecule has 0 N–H and O–H groups in total. The third-order valence-electron chi connectivity index (χ3n) is 2.63. The number of unbranched alkanes of at least 4 members (excludes halogenated alkanes) is 1. The van der Waals surface area contributed by atoms with Crippen LogP contribution in [0.1, 0.15) is 48.8 Å². The van der Waals surface area contributed by atoms with Crippen LogP contribution >= 0.6 is 0 Å².